The molecule has 1 amide bonds. The quantitative estimate of drug-likeness (QED) is 0.664. The Bertz CT molecular complexity index is 713. The molecular weight excluding hydrogens is 354 g/mol. The number of methoxy groups -OCH3 is 1. The highest BCUT2D eigenvalue weighted by Gasteiger charge is 2.19. The minimum Gasteiger partial charge on any atom is -0.496 e. The van der Waals surface area contributed by atoms with Gasteiger partial charge < -0.3 is 15.0 Å². The van der Waals surface area contributed by atoms with Crippen LogP contribution in [0.3, 0.4) is 0 Å². The number of nitrogens with one attached hydrogen (secondary N) is 2. The predicted octanol–water partition coefficient (Wildman–Crippen LogP) is 1.46. The molecule has 0 saturated carbocycles. The van der Waals surface area contributed by atoms with Crippen LogP contribution >= 0.6 is 0 Å². The molecule has 2 rings (SSSR count). The van der Waals surface area contributed by atoms with Gasteiger partial charge in [-0.15, -0.1) is 0 Å². The lowest BCUT2D eigenvalue weighted by Crippen LogP contribution is -2.35. The van der Waals surface area contributed by atoms with Gasteiger partial charge >= 0.3 is 0 Å². The van der Waals surface area contributed by atoms with Gasteiger partial charge in [0.1, 0.15) is 5.75 Å². The first-order valence-electron chi connectivity index (χ1n) is 8.99. The number of carbonyl (C=O) groups is 1. The molecule has 1 aliphatic heterocycles. The summed E-state index contributed by atoms with van der Waals surface area (Å²) in [6, 6.07) is 4.28. The number of piperidine rings is 1. The van der Waals surface area contributed by atoms with Gasteiger partial charge in [-0.1, -0.05) is 6.92 Å². The molecule has 0 spiro atoms. The fraction of sp³-hybridized carbons (Fsp3) is 0.611. The van der Waals surface area contributed by atoms with E-state index in [1.807, 2.05) is 0 Å². The van der Waals surface area contributed by atoms with E-state index in [9.17, 15) is 13.2 Å². The van der Waals surface area contributed by atoms with Crippen LogP contribution in [0.5, 0.6) is 5.75 Å². The third kappa shape index (κ3) is 5.43. The molecule has 0 aliphatic carbocycles. The summed E-state index contributed by atoms with van der Waals surface area (Å²) in [6.45, 7) is 5.70. The molecule has 0 radical (unpaired) electrons. The molecule has 0 bridgehead atoms. The topological polar surface area (TPSA) is 87.7 Å². The van der Waals surface area contributed by atoms with Crippen molar-refractivity contribution in [2.45, 2.75) is 31.1 Å². The van der Waals surface area contributed by atoms with Crippen LogP contribution in [0.25, 0.3) is 0 Å². The largest absolute Gasteiger partial charge is 0.496 e. The third-order valence-electron chi connectivity index (χ3n) is 4.77. The number of amides is 1. The molecule has 1 fully saturated rings. The van der Waals surface area contributed by atoms with Crippen LogP contribution in [-0.4, -0.2) is 59.6 Å². The first kappa shape index (κ1) is 20.7. The Labute approximate surface area is 156 Å². The van der Waals surface area contributed by atoms with Gasteiger partial charge in [-0.3, -0.25) is 4.79 Å². The lowest BCUT2D eigenvalue weighted by atomic mass is 9.99. The maximum atomic E-state index is 12.5. The number of benzene rings is 1. The SMILES string of the molecule is CNC(=O)c1cc(S(=O)(=O)NCCCN2CCC(C)CC2)ccc1OC. The molecule has 1 saturated heterocycles. The molecule has 26 heavy (non-hydrogen) atoms. The Morgan fingerprint density at radius 3 is 2.62 bits per heavy atom. The fourth-order valence-corrected chi connectivity index (χ4v) is 4.14. The van der Waals surface area contributed by atoms with Crippen LogP contribution in [-0.2, 0) is 10.0 Å². The standard InChI is InChI=1S/C18H29N3O4S/c1-14-7-11-21(12-8-14)10-4-9-20-26(23,24)15-5-6-17(25-3)16(13-15)18(22)19-2/h5-6,13-14,20H,4,7-12H2,1-3H3,(H,19,22). The second-order valence-corrected chi connectivity index (χ2v) is 8.48. The van der Waals surface area contributed by atoms with Gasteiger partial charge in [0.05, 0.1) is 17.6 Å². The van der Waals surface area contributed by atoms with E-state index in [0.29, 0.717) is 12.3 Å². The normalized spacial score (nSPS) is 16.4. The smallest absolute Gasteiger partial charge is 0.254 e. The summed E-state index contributed by atoms with van der Waals surface area (Å²) in [7, 11) is -0.737. The van der Waals surface area contributed by atoms with E-state index < -0.39 is 15.9 Å². The molecule has 146 valence electrons. The number of rotatable bonds is 8. The number of nitrogens with zero attached hydrogens (tertiary/aromatic N) is 1. The van der Waals surface area contributed by atoms with Crippen molar-refractivity contribution in [2.75, 3.05) is 40.3 Å². The molecule has 1 aliphatic rings. The van der Waals surface area contributed by atoms with Crippen molar-refractivity contribution in [3.05, 3.63) is 23.8 Å². The summed E-state index contributed by atoms with van der Waals surface area (Å²) in [6.07, 6.45) is 3.17. The predicted molar refractivity (Wildman–Crippen MR) is 101 cm³/mol. The zero-order valence-electron chi connectivity index (χ0n) is 15.7. The van der Waals surface area contributed by atoms with Crippen molar-refractivity contribution in [1.82, 2.24) is 14.9 Å². The zero-order chi connectivity index (χ0) is 19.2. The summed E-state index contributed by atoms with van der Waals surface area (Å²) in [5.74, 6) is 0.732. The first-order chi connectivity index (χ1) is 12.4. The third-order valence-corrected chi connectivity index (χ3v) is 6.23. The number of likely N-dealkylation sites (tertiary alicyclic amines) is 1. The van der Waals surface area contributed by atoms with Gasteiger partial charge in [0.25, 0.3) is 5.91 Å². The van der Waals surface area contributed by atoms with Crippen molar-refractivity contribution in [2.24, 2.45) is 5.92 Å². The molecular formula is C18H29N3O4S. The molecule has 1 aromatic rings. The van der Waals surface area contributed by atoms with Gasteiger partial charge in [-0.25, -0.2) is 13.1 Å². The van der Waals surface area contributed by atoms with E-state index in [2.05, 4.69) is 21.9 Å². The Hall–Kier alpha value is -1.64. The van der Waals surface area contributed by atoms with Crippen LogP contribution in [0.1, 0.15) is 36.5 Å². The number of ether oxygens (including phenoxy) is 1. The summed E-state index contributed by atoms with van der Waals surface area (Å²) < 4.78 is 32.7. The molecule has 1 aromatic carbocycles. The Morgan fingerprint density at radius 2 is 2.00 bits per heavy atom. The van der Waals surface area contributed by atoms with Crippen LogP contribution in [0.15, 0.2) is 23.1 Å². The van der Waals surface area contributed by atoms with Gasteiger partial charge in [0.2, 0.25) is 10.0 Å². The van der Waals surface area contributed by atoms with Crippen LogP contribution in [0.4, 0.5) is 0 Å². The summed E-state index contributed by atoms with van der Waals surface area (Å²) in [5, 5.41) is 2.49. The lowest BCUT2D eigenvalue weighted by molar-refractivity contribution is 0.0960. The van der Waals surface area contributed by atoms with E-state index in [1.54, 1.807) is 0 Å². The van der Waals surface area contributed by atoms with Crippen molar-refractivity contribution < 1.29 is 17.9 Å². The van der Waals surface area contributed by atoms with E-state index in [1.165, 1.54) is 45.2 Å². The zero-order valence-corrected chi connectivity index (χ0v) is 16.6. The van der Waals surface area contributed by atoms with E-state index in [0.717, 1.165) is 32.0 Å². The molecule has 0 aromatic heterocycles. The van der Waals surface area contributed by atoms with Gasteiger partial charge in [0, 0.05) is 13.6 Å². The van der Waals surface area contributed by atoms with Crippen molar-refractivity contribution in [3.63, 3.8) is 0 Å². The van der Waals surface area contributed by atoms with Crippen LogP contribution < -0.4 is 14.8 Å². The first-order valence-corrected chi connectivity index (χ1v) is 10.5. The van der Waals surface area contributed by atoms with Gasteiger partial charge in [0.15, 0.2) is 0 Å². The highest BCUT2D eigenvalue weighted by molar-refractivity contribution is 7.89. The Kier molecular flexibility index (Phi) is 7.43. The average molecular weight is 384 g/mol. The minimum atomic E-state index is -3.67. The molecule has 2 N–H and O–H groups in total. The maximum Gasteiger partial charge on any atom is 0.254 e. The number of sulfonamides is 1. The molecule has 7 nitrogen and oxygen atoms in total. The van der Waals surface area contributed by atoms with Crippen LogP contribution in [0, 0.1) is 5.92 Å². The van der Waals surface area contributed by atoms with Gasteiger partial charge in [-0.05, 0) is 63.0 Å². The average Bonchev–Trinajstić information content (AvgIpc) is 2.65. The molecule has 1 heterocycles. The molecule has 0 atom stereocenters. The minimum absolute atomic E-state index is 0.0590. The summed E-state index contributed by atoms with van der Waals surface area (Å²) >= 11 is 0. The number of hydrogen-bond acceptors (Lipinski definition) is 5. The lowest BCUT2D eigenvalue weighted by Gasteiger charge is -2.30. The Balaban J connectivity index is 1.93. The van der Waals surface area contributed by atoms with Crippen molar-refractivity contribution in [1.29, 1.82) is 0 Å². The molecule has 8 heteroatoms. The summed E-state index contributed by atoms with van der Waals surface area (Å²) in [4.78, 5) is 14.4. The summed E-state index contributed by atoms with van der Waals surface area (Å²) in [5.41, 5.74) is 0.195. The Morgan fingerprint density at radius 1 is 1.31 bits per heavy atom. The maximum absolute atomic E-state index is 12.5. The second kappa shape index (κ2) is 9.34. The van der Waals surface area contributed by atoms with E-state index in [-0.39, 0.29) is 10.5 Å². The second-order valence-electron chi connectivity index (χ2n) is 6.72. The highest BCUT2D eigenvalue weighted by atomic mass is 32.2. The molecule has 0 unspecified atom stereocenters. The van der Waals surface area contributed by atoms with Gasteiger partial charge in [-0.2, -0.15) is 0 Å². The van der Waals surface area contributed by atoms with E-state index >= 15 is 0 Å². The van der Waals surface area contributed by atoms with E-state index in [4.69, 9.17) is 4.74 Å². The number of hydrogen-bond donors (Lipinski definition) is 2. The van der Waals surface area contributed by atoms with Crippen molar-refractivity contribution >= 4 is 15.9 Å². The monoisotopic (exact) mass is 383 g/mol. The fourth-order valence-electron chi connectivity index (χ4n) is 3.04. The highest BCUT2D eigenvalue weighted by Crippen LogP contribution is 2.22. The van der Waals surface area contributed by atoms with Crippen LogP contribution in [0.2, 0.25) is 0 Å². The number of carbonyl (C=O) groups excluding carboxylic acids is 1. The van der Waals surface area contributed by atoms with Crippen molar-refractivity contribution in [3.8, 4) is 5.75 Å².